The van der Waals surface area contributed by atoms with Gasteiger partial charge in [-0.3, -0.25) is 13.9 Å². The van der Waals surface area contributed by atoms with Gasteiger partial charge in [-0.25, -0.2) is 8.42 Å². The summed E-state index contributed by atoms with van der Waals surface area (Å²) in [6.07, 6.45) is 1.77. The summed E-state index contributed by atoms with van der Waals surface area (Å²) in [6.45, 7) is 5.08. The van der Waals surface area contributed by atoms with Crippen molar-refractivity contribution in [1.29, 1.82) is 0 Å². The molecule has 0 aliphatic heterocycles. The molecule has 0 fully saturated rings. The average Bonchev–Trinajstić information content (AvgIpc) is 2.94. The highest BCUT2D eigenvalue weighted by Gasteiger charge is 2.30. The monoisotopic (exact) mass is 567 g/mol. The number of methoxy groups -OCH3 is 1. The Balaban J connectivity index is 1.87. The second kappa shape index (κ2) is 13.8. The van der Waals surface area contributed by atoms with Crippen LogP contribution in [0, 0.1) is 0 Å². The first-order valence-electron chi connectivity index (χ1n) is 13.0. The van der Waals surface area contributed by atoms with Crippen LogP contribution in [0.5, 0.6) is 17.2 Å². The van der Waals surface area contributed by atoms with E-state index >= 15 is 0 Å². The van der Waals surface area contributed by atoms with Gasteiger partial charge in [0.2, 0.25) is 21.8 Å². The number of rotatable bonds is 13. The lowest BCUT2D eigenvalue weighted by atomic mass is 10.1. The van der Waals surface area contributed by atoms with Crippen molar-refractivity contribution >= 4 is 27.5 Å². The zero-order chi connectivity index (χ0) is 29.3. The summed E-state index contributed by atoms with van der Waals surface area (Å²) in [5, 5.41) is 2.91. The molecule has 2 atom stereocenters. The number of anilines is 1. The van der Waals surface area contributed by atoms with Crippen molar-refractivity contribution in [2.75, 3.05) is 24.2 Å². The van der Waals surface area contributed by atoms with Gasteiger partial charge in [-0.15, -0.1) is 0 Å². The molecule has 0 saturated heterocycles. The van der Waals surface area contributed by atoms with Gasteiger partial charge in [0.1, 0.15) is 29.8 Å². The first-order valence-corrected chi connectivity index (χ1v) is 14.9. The van der Waals surface area contributed by atoms with Crippen molar-refractivity contribution in [3.63, 3.8) is 0 Å². The van der Waals surface area contributed by atoms with E-state index in [1.165, 1.54) is 4.90 Å². The minimum absolute atomic E-state index is 0.0761. The van der Waals surface area contributed by atoms with Crippen LogP contribution in [0.25, 0.3) is 0 Å². The molecule has 1 N–H and O–H groups in total. The number of nitrogens with one attached hydrogen (secondary N) is 1. The van der Waals surface area contributed by atoms with Gasteiger partial charge in [0.05, 0.1) is 19.1 Å². The van der Waals surface area contributed by atoms with Crippen LogP contribution in [-0.2, 0) is 26.2 Å². The molecular weight excluding hydrogens is 530 g/mol. The number of para-hydroxylation sites is 1. The number of amides is 2. The summed E-state index contributed by atoms with van der Waals surface area (Å²) < 4.78 is 37.8. The van der Waals surface area contributed by atoms with E-state index in [1.807, 2.05) is 50.2 Å². The van der Waals surface area contributed by atoms with Crippen molar-refractivity contribution in [3.8, 4) is 17.2 Å². The van der Waals surface area contributed by atoms with E-state index in [0.29, 0.717) is 22.9 Å². The quantitative estimate of drug-likeness (QED) is 0.324. The van der Waals surface area contributed by atoms with Crippen LogP contribution in [0.3, 0.4) is 0 Å². The number of carbonyl (C=O) groups excluding carboxylic acids is 2. The van der Waals surface area contributed by atoms with Crippen molar-refractivity contribution in [3.05, 3.63) is 84.4 Å². The van der Waals surface area contributed by atoms with Crippen LogP contribution in [0.4, 0.5) is 5.69 Å². The summed E-state index contributed by atoms with van der Waals surface area (Å²) in [5.41, 5.74) is 1.04. The van der Waals surface area contributed by atoms with Gasteiger partial charge >= 0.3 is 0 Å². The topological polar surface area (TPSA) is 105 Å². The van der Waals surface area contributed by atoms with Crippen LogP contribution in [0.2, 0.25) is 0 Å². The number of sulfonamides is 1. The zero-order valence-corrected chi connectivity index (χ0v) is 24.4. The molecule has 0 radical (unpaired) electrons. The Morgan fingerprint density at radius 1 is 0.900 bits per heavy atom. The number of hydrogen-bond acceptors (Lipinski definition) is 6. The summed E-state index contributed by atoms with van der Waals surface area (Å²) in [4.78, 5) is 28.1. The summed E-state index contributed by atoms with van der Waals surface area (Å²) in [6, 6.07) is 21.9. The molecule has 40 heavy (non-hydrogen) atoms. The van der Waals surface area contributed by atoms with Crippen molar-refractivity contribution in [1.82, 2.24) is 10.2 Å². The standard InChI is InChI=1S/C30H37N3O6S/c1-6-22(2)31-30(35)23(3)32(20-24-11-10-14-28(19-24)38-4)29(34)21-33(40(5,36)37)25-15-17-27(18-16-25)39-26-12-8-7-9-13-26/h7-19,22-23H,6,20-21H2,1-5H3,(H,31,35)/t22-,23-/m0/s1. The molecule has 10 heteroatoms. The van der Waals surface area contributed by atoms with Crippen molar-refractivity contribution in [2.45, 2.75) is 45.8 Å². The smallest absolute Gasteiger partial charge is 0.244 e. The zero-order valence-electron chi connectivity index (χ0n) is 23.5. The van der Waals surface area contributed by atoms with Crippen LogP contribution < -0.4 is 19.1 Å². The normalized spacial score (nSPS) is 12.6. The van der Waals surface area contributed by atoms with E-state index in [0.717, 1.165) is 22.5 Å². The van der Waals surface area contributed by atoms with E-state index in [9.17, 15) is 18.0 Å². The molecule has 3 aromatic rings. The van der Waals surface area contributed by atoms with Crippen molar-refractivity contribution < 1.29 is 27.5 Å². The van der Waals surface area contributed by atoms with Gasteiger partial charge in [-0.2, -0.15) is 0 Å². The molecule has 3 rings (SSSR count). The van der Waals surface area contributed by atoms with E-state index in [2.05, 4.69) is 5.32 Å². The largest absolute Gasteiger partial charge is 0.497 e. The van der Waals surface area contributed by atoms with Crippen molar-refractivity contribution in [2.24, 2.45) is 0 Å². The SMILES string of the molecule is CC[C@H](C)NC(=O)[C@H](C)N(Cc1cccc(OC)c1)C(=O)CN(c1ccc(Oc2ccccc2)cc1)S(C)(=O)=O. The lowest BCUT2D eigenvalue weighted by Gasteiger charge is -2.32. The predicted molar refractivity (Wildman–Crippen MR) is 156 cm³/mol. The fraction of sp³-hybridized carbons (Fsp3) is 0.333. The Kier molecular flexibility index (Phi) is 10.6. The molecule has 3 aromatic carbocycles. The third kappa shape index (κ3) is 8.47. The fourth-order valence-corrected chi connectivity index (χ4v) is 4.78. The van der Waals surface area contributed by atoms with Gasteiger partial charge in [0.15, 0.2) is 0 Å². The molecule has 0 aliphatic carbocycles. The Morgan fingerprint density at radius 2 is 1.52 bits per heavy atom. The van der Waals surface area contributed by atoms with E-state index in [-0.39, 0.29) is 18.5 Å². The molecule has 0 saturated carbocycles. The molecule has 2 amide bonds. The summed E-state index contributed by atoms with van der Waals surface area (Å²) in [5.74, 6) is 0.925. The van der Waals surface area contributed by atoms with Gasteiger partial charge in [0, 0.05) is 12.6 Å². The molecule has 214 valence electrons. The molecule has 0 heterocycles. The molecule has 9 nitrogen and oxygen atoms in total. The van der Waals surface area contributed by atoms with Crippen LogP contribution in [-0.4, -0.2) is 57.1 Å². The second-order valence-corrected chi connectivity index (χ2v) is 11.5. The van der Waals surface area contributed by atoms with Crippen LogP contribution in [0.1, 0.15) is 32.8 Å². The first-order chi connectivity index (χ1) is 19.0. The van der Waals surface area contributed by atoms with Gasteiger partial charge in [-0.05, 0) is 74.4 Å². The second-order valence-electron chi connectivity index (χ2n) is 9.55. The Bertz CT molecular complexity index is 1380. The Labute approximate surface area is 236 Å². The minimum Gasteiger partial charge on any atom is -0.497 e. The Morgan fingerprint density at radius 3 is 2.12 bits per heavy atom. The maximum absolute atomic E-state index is 13.7. The van der Waals surface area contributed by atoms with Gasteiger partial charge < -0.3 is 19.7 Å². The van der Waals surface area contributed by atoms with Gasteiger partial charge in [0.25, 0.3) is 0 Å². The van der Waals surface area contributed by atoms with Crippen LogP contribution >= 0.6 is 0 Å². The Hall–Kier alpha value is -4.05. The maximum atomic E-state index is 13.7. The number of benzene rings is 3. The highest BCUT2D eigenvalue weighted by Crippen LogP contribution is 2.26. The summed E-state index contributed by atoms with van der Waals surface area (Å²) >= 11 is 0. The highest BCUT2D eigenvalue weighted by atomic mass is 32.2. The number of carbonyl (C=O) groups is 2. The number of hydrogen-bond donors (Lipinski definition) is 1. The highest BCUT2D eigenvalue weighted by molar-refractivity contribution is 7.92. The van der Waals surface area contributed by atoms with E-state index < -0.39 is 28.5 Å². The predicted octanol–water partition coefficient (Wildman–Crippen LogP) is 4.59. The van der Waals surface area contributed by atoms with E-state index in [1.54, 1.807) is 56.5 Å². The number of nitrogens with zero attached hydrogens (tertiary/aromatic N) is 2. The molecule has 0 spiro atoms. The van der Waals surface area contributed by atoms with Crippen LogP contribution in [0.15, 0.2) is 78.9 Å². The molecule has 0 aromatic heterocycles. The molecular formula is C30H37N3O6S. The van der Waals surface area contributed by atoms with Gasteiger partial charge in [-0.1, -0.05) is 37.3 Å². The third-order valence-corrected chi connectivity index (χ3v) is 7.58. The molecule has 0 unspecified atom stereocenters. The maximum Gasteiger partial charge on any atom is 0.244 e. The lowest BCUT2D eigenvalue weighted by molar-refractivity contribution is -0.139. The average molecular weight is 568 g/mol. The lowest BCUT2D eigenvalue weighted by Crippen LogP contribution is -2.52. The first kappa shape index (κ1) is 30.5. The molecule has 0 aliphatic rings. The summed E-state index contributed by atoms with van der Waals surface area (Å²) in [7, 11) is -2.30. The number of ether oxygens (including phenoxy) is 2. The molecule has 0 bridgehead atoms. The third-order valence-electron chi connectivity index (χ3n) is 6.44. The minimum atomic E-state index is -3.85. The van der Waals surface area contributed by atoms with E-state index in [4.69, 9.17) is 9.47 Å². The fourth-order valence-electron chi connectivity index (χ4n) is 3.93.